The third-order valence-corrected chi connectivity index (χ3v) is 13.8. The molecule has 10 atom stereocenters. The van der Waals surface area contributed by atoms with Gasteiger partial charge in [0.2, 0.25) is 0 Å². The van der Waals surface area contributed by atoms with E-state index in [1.165, 1.54) is 12.7 Å². The van der Waals surface area contributed by atoms with Crippen LogP contribution in [0, 0.1) is 50.7 Å². The molecule has 37 heavy (non-hydrogen) atoms. The molecule has 4 fully saturated rings. The standard InChI is InChI=1S/C31H50O6/c1-19-9-14-30(25(35)37-6)16-15-27(3)20(24(30)29(19,5)36)7-8-21-26(2)12-11-23(34)31(17-32,18-33)22(26)10-13-28(21,27)4/h7,19,21-24,32-34,36H,8-18H2,1-6H3/t19-,21?,22?,23+,24?,26-,27-,28-,29-,30+/m1/s1. The second-order valence-electron chi connectivity index (χ2n) is 14.6. The van der Waals surface area contributed by atoms with Crippen LogP contribution in [-0.2, 0) is 9.53 Å². The van der Waals surface area contributed by atoms with E-state index in [-0.39, 0.29) is 53.2 Å². The fourth-order valence-electron chi connectivity index (χ4n) is 11.2. The van der Waals surface area contributed by atoms with Crippen LogP contribution in [0.1, 0.15) is 92.4 Å². The molecule has 210 valence electrons. The number of carbonyl (C=O) groups is 1. The smallest absolute Gasteiger partial charge is 0.312 e. The average molecular weight is 519 g/mol. The van der Waals surface area contributed by atoms with Gasteiger partial charge in [0.1, 0.15) is 0 Å². The summed E-state index contributed by atoms with van der Waals surface area (Å²) >= 11 is 0. The molecule has 0 bridgehead atoms. The van der Waals surface area contributed by atoms with Crippen LogP contribution in [0.3, 0.4) is 0 Å². The van der Waals surface area contributed by atoms with Crippen LogP contribution in [0.4, 0.5) is 0 Å². The Morgan fingerprint density at radius 3 is 2.27 bits per heavy atom. The van der Waals surface area contributed by atoms with Crippen LogP contribution in [0.15, 0.2) is 11.6 Å². The minimum absolute atomic E-state index is 0.0472. The predicted octanol–water partition coefficient (Wildman–Crippen LogP) is 4.24. The van der Waals surface area contributed by atoms with Gasteiger partial charge in [-0.2, -0.15) is 0 Å². The van der Waals surface area contributed by atoms with E-state index in [4.69, 9.17) is 4.74 Å². The molecule has 0 aliphatic heterocycles. The number of ether oxygens (including phenoxy) is 1. The quantitative estimate of drug-likeness (QED) is 0.329. The monoisotopic (exact) mass is 518 g/mol. The fourth-order valence-corrected chi connectivity index (χ4v) is 11.2. The van der Waals surface area contributed by atoms with Crippen molar-refractivity contribution in [1.82, 2.24) is 0 Å². The van der Waals surface area contributed by atoms with Gasteiger partial charge < -0.3 is 25.2 Å². The first-order valence-corrected chi connectivity index (χ1v) is 14.7. The SMILES string of the molecule is COC(=O)[C@]12CC[C@@H](C)[C@@](C)(O)C1C1=CCC3[C@@]4(C)CC[C@H](O)C(CO)(CO)C4CC[C@@]3(C)[C@]1(C)CC2. The zero-order valence-corrected chi connectivity index (χ0v) is 23.8. The number of esters is 1. The zero-order valence-electron chi connectivity index (χ0n) is 23.8. The number of methoxy groups -OCH3 is 1. The molecule has 0 amide bonds. The van der Waals surface area contributed by atoms with E-state index in [2.05, 4.69) is 33.8 Å². The largest absolute Gasteiger partial charge is 0.469 e. The summed E-state index contributed by atoms with van der Waals surface area (Å²) in [6.45, 7) is 10.8. The number of hydrogen-bond acceptors (Lipinski definition) is 6. The van der Waals surface area contributed by atoms with Crippen LogP contribution in [0.2, 0.25) is 0 Å². The van der Waals surface area contributed by atoms with Crippen molar-refractivity contribution in [2.75, 3.05) is 20.3 Å². The van der Waals surface area contributed by atoms with Gasteiger partial charge in [0, 0.05) is 11.3 Å². The summed E-state index contributed by atoms with van der Waals surface area (Å²) < 4.78 is 5.42. The summed E-state index contributed by atoms with van der Waals surface area (Å²) in [5, 5.41) is 44.0. The summed E-state index contributed by atoms with van der Waals surface area (Å²) in [4.78, 5) is 13.4. The maximum Gasteiger partial charge on any atom is 0.312 e. The van der Waals surface area contributed by atoms with E-state index >= 15 is 0 Å². The molecule has 3 unspecified atom stereocenters. The minimum Gasteiger partial charge on any atom is -0.469 e. The number of rotatable bonds is 3. The Balaban J connectivity index is 1.64. The number of aliphatic hydroxyl groups excluding tert-OH is 3. The van der Waals surface area contributed by atoms with Crippen LogP contribution in [0.25, 0.3) is 0 Å². The molecule has 0 aromatic heterocycles. The Morgan fingerprint density at radius 1 is 0.973 bits per heavy atom. The molecular formula is C31H50O6. The second kappa shape index (κ2) is 8.52. The van der Waals surface area contributed by atoms with Crippen LogP contribution in [0.5, 0.6) is 0 Å². The highest BCUT2D eigenvalue weighted by Gasteiger charge is 2.72. The number of carbonyl (C=O) groups excluding carboxylic acids is 1. The van der Waals surface area contributed by atoms with Gasteiger partial charge in [-0.1, -0.05) is 39.3 Å². The van der Waals surface area contributed by atoms with Crippen molar-refractivity contribution < 1.29 is 30.0 Å². The van der Waals surface area contributed by atoms with Gasteiger partial charge in [-0.05, 0) is 98.7 Å². The van der Waals surface area contributed by atoms with Crippen molar-refractivity contribution in [3.8, 4) is 0 Å². The molecule has 0 radical (unpaired) electrons. The topological polar surface area (TPSA) is 107 Å². The summed E-state index contributed by atoms with van der Waals surface area (Å²) in [6, 6.07) is 0. The molecule has 0 aromatic rings. The molecule has 0 aromatic carbocycles. The second-order valence-corrected chi connectivity index (χ2v) is 14.6. The first kappa shape index (κ1) is 27.6. The van der Waals surface area contributed by atoms with Crippen molar-refractivity contribution in [2.45, 2.75) is 104 Å². The molecular weight excluding hydrogens is 468 g/mol. The maximum absolute atomic E-state index is 13.4. The van der Waals surface area contributed by atoms with Gasteiger partial charge in [-0.15, -0.1) is 0 Å². The molecule has 6 nitrogen and oxygen atoms in total. The molecule has 0 heterocycles. The van der Waals surface area contributed by atoms with E-state index in [0.717, 1.165) is 51.4 Å². The lowest BCUT2D eigenvalue weighted by atomic mass is 9.33. The number of aliphatic hydroxyl groups is 4. The summed E-state index contributed by atoms with van der Waals surface area (Å²) in [5.41, 5.74) is -1.64. The van der Waals surface area contributed by atoms with Gasteiger partial charge in [-0.3, -0.25) is 4.79 Å². The molecule has 0 spiro atoms. The van der Waals surface area contributed by atoms with Crippen molar-refractivity contribution in [2.24, 2.45) is 50.7 Å². The predicted molar refractivity (Wildman–Crippen MR) is 141 cm³/mol. The fraction of sp³-hybridized carbons (Fsp3) is 0.903. The zero-order chi connectivity index (χ0) is 27.2. The van der Waals surface area contributed by atoms with Crippen LogP contribution in [-0.4, -0.2) is 58.4 Å². The number of fused-ring (bicyclic) bond motifs is 7. The molecule has 5 aliphatic rings. The number of hydrogen-bond donors (Lipinski definition) is 4. The lowest BCUT2D eigenvalue weighted by molar-refractivity contribution is -0.235. The third kappa shape index (κ3) is 3.16. The molecule has 4 saturated carbocycles. The summed E-state index contributed by atoms with van der Waals surface area (Å²) in [6.07, 6.45) is 8.98. The maximum atomic E-state index is 13.4. The molecule has 0 saturated heterocycles. The van der Waals surface area contributed by atoms with E-state index in [0.29, 0.717) is 12.3 Å². The summed E-state index contributed by atoms with van der Waals surface area (Å²) in [5.74, 6) is 0.0276. The highest BCUT2D eigenvalue weighted by Crippen LogP contribution is 2.76. The van der Waals surface area contributed by atoms with Gasteiger partial charge in [-0.25, -0.2) is 0 Å². The Bertz CT molecular complexity index is 969. The lowest BCUT2D eigenvalue weighted by Gasteiger charge is -2.72. The third-order valence-electron chi connectivity index (χ3n) is 13.8. The van der Waals surface area contributed by atoms with Gasteiger partial charge >= 0.3 is 5.97 Å². The van der Waals surface area contributed by atoms with E-state index in [9.17, 15) is 25.2 Å². The lowest BCUT2D eigenvalue weighted by Crippen LogP contribution is -2.68. The summed E-state index contributed by atoms with van der Waals surface area (Å²) in [7, 11) is 1.48. The van der Waals surface area contributed by atoms with Crippen LogP contribution >= 0.6 is 0 Å². The highest BCUT2D eigenvalue weighted by molar-refractivity contribution is 5.79. The van der Waals surface area contributed by atoms with Gasteiger partial charge in [0.15, 0.2) is 0 Å². The van der Waals surface area contributed by atoms with E-state index in [1.807, 2.05) is 6.92 Å². The van der Waals surface area contributed by atoms with E-state index in [1.54, 1.807) is 0 Å². The number of allylic oxidation sites excluding steroid dienone is 1. The Labute approximate surface area is 222 Å². The van der Waals surface area contributed by atoms with Gasteiger partial charge in [0.25, 0.3) is 0 Å². The molecule has 5 rings (SSSR count). The molecule has 4 N–H and O–H groups in total. The Morgan fingerprint density at radius 2 is 1.65 bits per heavy atom. The van der Waals surface area contributed by atoms with Gasteiger partial charge in [0.05, 0.1) is 37.4 Å². The first-order valence-electron chi connectivity index (χ1n) is 14.7. The van der Waals surface area contributed by atoms with Crippen LogP contribution < -0.4 is 0 Å². The van der Waals surface area contributed by atoms with Crippen molar-refractivity contribution in [1.29, 1.82) is 0 Å². The molecule has 6 heteroatoms. The molecule has 5 aliphatic carbocycles. The normalized spacial score (nSPS) is 52.6. The minimum atomic E-state index is -0.998. The first-order chi connectivity index (χ1) is 17.2. The van der Waals surface area contributed by atoms with E-state index < -0.39 is 22.5 Å². The highest BCUT2D eigenvalue weighted by atomic mass is 16.5. The Hall–Kier alpha value is -0.950. The van der Waals surface area contributed by atoms with Crippen molar-refractivity contribution in [3.05, 3.63) is 11.6 Å². The Kier molecular flexibility index (Phi) is 6.36. The average Bonchev–Trinajstić information content (AvgIpc) is 2.87. The van der Waals surface area contributed by atoms with Crippen molar-refractivity contribution >= 4 is 5.97 Å². The van der Waals surface area contributed by atoms with Crippen molar-refractivity contribution in [3.63, 3.8) is 0 Å².